The first-order valence-electron chi connectivity index (χ1n) is 8.73. The Balaban J connectivity index is 1.88. The van der Waals surface area contributed by atoms with E-state index in [0.717, 1.165) is 43.5 Å². The molecule has 0 bridgehead atoms. The summed E-state index contributed by atoms with van der Waals surface area (Å²) in [6.45, 7) is 0.795. The van der Waals surface area contributed by atoms with Gasteiger partial charge in [0.25, 0.3) is 0 Å². The SMILES string of the molecule is N[C@H](CCC1=CN2[C@@H](C(=O)O)CCC[C@@H]2[C@@H]2CCCN=C12)C(=O)O. The van der Waals surface area contributed by atoms with Gasteiger partial charge < -0.3 is 20.8 Å². The number of aliphatic imine (C=N–C) groups is 1. The molecule has 132 valence electrons. The van der Waals surface area contributed by atoms with E-state index in [2.05, 4.69) is 0 Å². The molecule has 0 unspecified atom stereocenters. The van der Waals surface area contributed by atoms with Crippen molar-refractivity contribution in [3.8, 4) is 0 Å². The Labute approximate surface area is 141 Å². The molecule has 3 aliphatic heterocycles. The van der Waals surface area contributed by atoms with Crippen LogP contribution < -0.4 is 5.73 Å². The van der Waals surface area contributed by atoms with Crippen LogP contribution in [-0.2, 0) is 9.59 Å². The van der Waals surface area contributed by atoms with E-state index < -0.39 is 24.0 Å². The van der Waals surface area contributed by atoms with Crippen molar-refractivity contribution in [1.29, 1.82) is 0 Å². The maximum atomic E-state index is 11.6. The van der Waals surface area contributed by atoms with Crippen LogP contribution >= 0.6 is 0 Å². The fourth-order valence-corrected chi connectivity index (χ4v) is 4.25. The molecule has 0 aromatic carbocycles. The van der Waals surface area contributed by atoms with Gasteiger partial charge in [-0.05, 0) is 50.5 Å². The number of carboxylic acid groups (broad SMARTS) is 2. The zero-order valence-electron chi connectivity index (χ0n) is 13.7. The van der Waals surface area contributed by atoms with Gasteiger partial charge in [0.05, 0.1) is 0 Å². The highest BCUT2D eigenvalue weighted by atomic mass is 16.4. The summed E-state index contributed by atoms with van der Waals surface area (Å²) in [5.41, 5.74) is 7.67. The number of rotatable bonds is 5. The molecule has 4 atom stereocenters. The molecule has 3 rings (SSSR count). The van der Waals surface area contributed by atoms with Gasteiger partial charge in [-0.3, -0.25) is 9.79 Å². The first kappa shape index (κ1) is 17.0. The number of nitrogens with zero attached hydrogens (tertiary/aromatic N) is 2. The Morgan fingerprint density at radius 2 is 2.08 bits per heavy atom. The first-order chi connectivity index (χ1) is 11.5. The second-order valence-corrected chi connectivity index (χ2v) is 6.95. The fraction of sp³-hybridized carbons (Fsp3) is 0.706. The van der Waals surface area contributed by atoms with E-state index >= 15 is 0 Å². The Bertz CT molecular complexity index is 586. The van der Waals surface area contributed by atoms with E-state index in [1.165, 1.54) is 0 Å². The summed E-state index contributed by atoms with van der Waals surface area (Å²) in [6.07, 6.45) is 7.41. The quantitative estimate of drug-likeness (QED) is 0.696. The summed E-state index contributed by atoms with van der Waals surface area (Å²) in [6, 6.07) is -1.19. The van der Waals surface area contributed by atoms with Gasteiger partial charge in [0, 0.05) is 30.4 Å². The van der Waals surface area contributed by atoms with Crippen molar-refractivity contribution in [3.05, 3.63) is 11.8 Å². The number of hydrogen-bond donors (Lipinski definition) is 3. The summed E-state index contributed by atoms with van der Waals surface area (Å²) in [5, 5.41) is 18.5. The number of allylic oxidation sites excluding steroid dienone is 1. The molecule has 0 aromatic heterocycles. The van der Waals surface area contributed by atoms with Gasteiger partial charge in [-0.1, -0.05) is 0 Å². The third kappa shape index (κ3) is 3.17. The Kier molecular flexibility index (Phi) is 4.89. The van der Waals surface area contributed by atoms with Crippen LogP contribution in [-0.4, -0.2) is 57.4 Å². The molecule has 7 heteroatoms. The molecule has 0 amide bonds. The molecule has 24 heavy (non-hydrogen) atoms. The highest BCUT2D eigenvalue weighted by Crippen LogP contribution is 2.39. The van der Waals surface area contributed by atoms with Gasteiger partial charge >= 0.3 is 11.9 Å². The van der Waals surface area contributed by atoms with E-state index in [1.807, 2.05) is 11.1 Å². The lowest BCUT2D eigenvalue weighted by atomic mass is 9.75. The topological polar surface area (TPSA) is 116 Å². The highest BCUT2D eigenvalue weighted by molar-refractivity contribution is 6.03. The normalized spacial score (nSPS) is 30.5. The van der Waals surface area contributed by atoms with Gasteiger partial charge in [0.15, 0.2) is 0 Å². The minimum Gasteiger partial charge on any atom is -0.480 e. The Morgan fingerprint density at radius 3 is 2.79 bits per heavy atom. The average Bonchev–Trinajstić information content (AvgIpc) is 2.58. The van der Waals surface area contributed by atoms with Crippen LogP contribution in [0.3, 0.4) is 0 Å². The summed E-state index contributed by atoms with van der Waals surface area (Å²) in [5.74, 6) is -1.52. The van der Waals surface area contributed by atoms with Crippen LogP contribution in [0.2, 0.25) is 0 Å². The highest BCUT2D eigenvalue weighted by Gasteiger charge is 2.43. The number of hydrogen-bond acceptors (Lipinski definition) is 5. The number of piperidine rings is 1. The van der Waals surface area contributed by atoms with E-state index in [-0.39, 0.29) is 12.0 Å². The zero-order chi connectivity index (χ0) is 17.3. The largest absolute Gasteiger partial charge is 0.480 e. The zero-order valence-corrected chi connectivity index (χ0v) is 13.7. The third-order valence-electron chi connectivity index (χ3n) is 5.45. The van der Waals surface area contributed by atoms with Crippen LogP contribution in [0.15, 0.2) is 16.8 Å². The van der Waals surface area contributed by atoms with Crippen molar-refractivity contribution < 1.29 is 19.8 Å². The lowest BCUT2D eigenvalue weighted by Gasteiger charge is -2.48. The summed E-state index contributed by atoms with van der Waals surface area (Å²) < 4.78 is 0. The molecule has 3 heterocycles. The van der Waals surface area contributed by atoms with E-state index in [1.54, 1.807) is 0 Å². The molecule has 0 radical (unpaired) electrons. The lowest BCUT2D eigenvalue weighted by molar-refractivity contribution is -0.145. The molecule has 4 N–H and O–H groups in total. The van der Waals surface area contributed by atoms with Crippen molar-refractivity contribution in [2.75, 3.05) is 6.54 Å². The van der Waals surface area contributed by atoms with Gasteiger partial charge in [-0.2, -0.15) is 0 Å². The van der Waals surface area contributed by atoms with Crippen molar-refractivity contribution in [3.63, 3.8) is 0 Å². The van der Waals surface area contributed by atoms with Crippen LogP contribution in [0.25, 0.3) is 0 Å². The maximum Gasteiger partial charge on any atom is 0.326 e. The average molecular weight is 335 g/mol. The number of nitrogens with two attached hydrogens (primary N) is 1. The van der Waals surface area contributed by atoms with E-state index in [4.69, 9.17) is 15.8 Å². The van der Waals surface area contributed by atoms with Gasteiger partial charge in [-0.25, -0.2) is 4.79 Å². The summed E-state index contributed by atoms with van der Waals surface area (Å²) in [7, 11) is 0. The molecule has 0 saturated carbocycles. The monoisotopic (exact) mass is 335 g/mol. The molecule has 7 nitrogen and oxygen atoms in total. The number of carboxylic acids is 2. The summed E-state index contributed by atoms with van der Waals surface area (Å²) >= 11 is 0. The molecular weight excluding hydrogens is 310 g/mol. The fourth-order valence-electron chi connectivity index (χ4n) is 4.25. The van der Waals surface area contributed by atoms with Gasteiger partial charge in [-0.15, -0.1) is 0 Å². The minimum atomic E-state index is -1.01. The predicted molar refractivity (Wildman–Crippen MR) is 88.9 cm³/mol. The second kappa shape index (κ2) is 6.93. The molecule has 3 aliphatic rings. The van der Waals surface area contributed by atoms with Crippen molar-refractivity contribution in [1.82, 2.24) is 4.90 Å². The molecule has 0 aromatic rings. The van der Waals surface area contributed by atoms with Crippen LogP contribution in [0.1, 0.15) is 44.9 Å². The summed E-state index contributed by atoms with van der Waals surface area (Å²) in [4.78, 5) is 29.3. The van der Waals surface area contributed by atoms with Crippen molar-refractivity contribution in [2.45, 2.75) is 63.1 Å². The first-order valence-corrected chi connectivity index (χ1v) is 8.73. The Morgan fingerprint density at radius 1 is 1.29 bits per heavy atom. The van der Waals surface area contributed by atoms with E-state index in [9.17, 15) is 14.7 Å². The van der Waals surface area contributed by atoms with Crippen LogP contribution in [0.4, 0.5) is 0 Å². The second-order valence-electron chi connectivity index (χ2n) is 6.95. The van der Waals surface area contributed by atoms with Crippen molar-refractivity contribution >= 4 is 17.7 Å². The molecular formula is C17H25N3O4. The van der Waals surface area contributed by atoms with E-state index in [0.29, 0.717) is 19.3 Å². The number of carbonyl (C=O) groups is 2. The lowest BCUT2D eigenvalue weighted by Crippen LogP contribution is -2.55. The van der Waals surface area contributed by atoms with Crippen LogP contribution in [0.5, 0.6) is 0 Å². The van der Waals surface area contributed by atoms with Gasteiger partial charge in [0.1, 0.15) is 12.1 Å². The van der Waals surface area contributed by atoms with Gasteiger partial charge in [0.2, 0.25) is 0 Å². The molecule has 1 fully saturated rings. The Hall–Kier alpha value is -1.89. The molecule has 0 spiro atoms. The smallest absolute Gasteiger partial charge is 0.326 e. The third-order valence-corrected chi connectivity index (χ3v) is 5.45. The standard InChI is InChI=1S/C17H25N3O4/c18-12(16(21)22)7-6-10-9-20-13(4-1-5-14(20)17(23)24)11-3-2-8-19-15(10)11/h9,11-14H,1-8,18H2,(H,21,22)(H,23,24)/t11-,12+,13+,14+/m0/s1. The van der Waals surface area contributed by atoms with Crippen molar-refractivity contribution in [2.24, 2.45) is 16.6 Å². The molecule has 0 aliphatic carbocycles. The number of fused-ring (bicyclic) bond motifs is 3. The minimum absolute atomic E-state index is 0.204. The van der Waals surface area contributed by atoms with Crippen LogP contribution in [0, 0.1) is 5.92 Å². The number of aliphatic carboxylic acids is 2. The molecule has 1 saturated heterocycles. The predicted octanol–water partition coefficient (Wildman–Crippen LogP) is 1.23. The maximum absolute atomic E-state index is 11.6.